The monoisotopic (exact) mass is 407 g/mol. The molecule has 2 aromatic carbocycles. The molecular weight excluding hydrogens is 383 g/mol. The second-order valence-corrected chi connectivity index (χ2v) is 7.06. The molecule has 1 aliphatic heterocycles. The maximum absolute atomic E-state index is 12.9. The maximum Gasteiger partial charge on any atom is 0.416 e. The van der Waals surface area contributed by atoms with E-state index in [4.69, 9.17) is 4.74 Å². The molecule has 0 spiro atoms. The third-order valence-electron chi connectivity index (χ3n) is 4.91. The van der Waals surface area contributed by atoms with Crippen LogP contribution in [0.3, 0.4) is 0 Å². The first-order valence-corrected chi connectivity index (χ1v) is 9.35. The molecule has 0 aliphatic carbocycles. The summed E-state index contributed by atoms with van der Waals surface area (Å²) < 4.78 is 44.0. The Morgan fingerprint density at radius 1 is 1.10 bits per heavy atom. The third-order valence-corrected chi connectivity index (χ3v) is 4.91. The van der Waals surface area contributed by atoms with Gasteiger partial charge in [-0.25, -0.2) is 0 Å². The lowest BCUT2D eigenvalue weighted by atomic mass is 10.1. The first kappa shape index (κ1) is 21.0. The van der Waals surface area contributed by atoms with E-state index in [0.29, 0.717) is 43.3 Å². The lowest BCUT2D eigenvalue weighted by molar-refractivity contribution is -0.137. The molecule has 29 heavy (non-hydrogen) atoms. The molecule has 5 nitrogen and oxygen atoms in total. The Kier molecular flexibility index (Phi) is 6.32. The number of aryl methyl sites for hydroxylation is 1. The predicted molar refractivity (Wildman–Crippen MR) is 106 cm³/mol. The van der Waals surface area contributed by atoms with Crippen LogP contribution in [-0.4, -0.2) is 50.6 Å². The number of ether oxygens (including phenoxy) is 1. The van der Waals surface area contributed by atoms with Crippen LogP contribution in [0.25, 0.3) is 0 Å². The average molecular weight is 407 g/mol. The molecule has 0 aromatic heterocycles. The number of carbonyl (C=O) groups excluding carboxylic acids is 1. The summed E-state index contributed by atoms with van der Waals surface area (Å²) in [4.78, 5) is 16.3. The van der Waals surface area contributed by atoms with Gasteiger partial charge in [-0.05, 0) is 42.8 Å². The number of piperazine rings is 1. The van der Waals surface area contributed by atoms with Crippen molar-refractivity contribution in [2.45, 2.75) is 13.1 Å². The molecule has 1 amide bonds. The fourth-order valence-electron chi connectivity index (χ4n) is 3.36. The molecule has 0 bridgehead atoms. The molecule has 3 rings (SSSR count). The summed E-state index contributed by atoms with van der Waals surface area (Å²) in [5.41, 5.74) is 1.54. The number of rotatable bonds is 5. The molecule has 8 heteroatoms. The van der Waals surface area contributed by atoms with E-state index in [1.165, 1.54) is 12.1 Å². The first-order chi connectivity index (χ1) is 13.8. The van der Waals surface area contributed by atoms with Gasteiger partial charge in [-0.2, -0.15) is 13.2 Å². The molecule has 0 unspecified atom stereocenters. The number of halogens is 3. The SMILES string of the molecule is COc1ccc(C)cc1NC(=O)CN1CCN(c2cccc(C(F)(F)F)c2)CC1. The highest BCUT2D eigenvalue weighted by atomic mass is 19.4. The number of alkyl halides is 3. The number of hydrogen-bond acceptors (Lipinski definition) is 4. The van der Waals surface area contributed by atoms with Gasteiger partial charge in [0.15, 0.2) is 0 Å². The Hall–Kier alpha value is -2.74. The second-order valence-electron chi connectivity index (χ2n) is 7.06. The van der Waals surface area contributed by atoms with Crippen LogP contribution in [0.5, 0.6) is 5.75 Å². The number of methoxy groups -OCH3 is 1. The second kappa shape index (κ2) is 8.73. The lowest BCUT2D eigenvalue weighted by Gasteiger charge is -2.36. The number of anilines is 2. The van der Waals surface area contributed by atoms with E-state index in [-0.39, 0.29) is 12.5 Å². The zero-order valence-corrected chi connectivity index (χ0v) is 16.4. The predicted octanol–water partition coefficient (Wildman–Crippen LogP) is 3.78. The molecule has 156 valence electrons. The Morgan fingerprint density at radius 3 is 2.48 bits per heavy atom. The summed E-state index contributed by atoms with van der Waals surface area (Å²) >= 11 is 0. The van der Waals surface area contributed by atoms with Gasteiger partial charge in [-0.1, -0.05) is 12.1 Å². The number of nitrogens with zero attached hydrogens (tertiary/aromatic N) is 2. The van der Waals surface area contributed by atoms with Crippen LogP contribution in [0, 0.1) is 6.92 Å². The van der Waals surface area contributed by atoms with Gasteiger partial charge < -0.3 is 15.0 Å². The highest BCUT2D eigenvalue weighted by Crippen LogP contribution is 2.32. The molecular formula is C21H24F3N3O2. The van der Waals surface area contributed by atoms with E-state index < -0.39 is 11.7 Å². The highest BCUT2D eigenvalue weighted by molar-refractivity contribution is 5.93. The minimum Gasteiger partial charge on any atom is -0.495 e. The van der Waals surface area contributed by atoms with Gasteiger partial charge >= 0.3 is 6.18 Å². The number of benzene rings is 2. The molecule has 1 fully saturated rings. The number of carbonyl (C=O) groups is 1. The van der Waals surface area contributed by atoms with Gasteiger partial charge in [0.2, 0.25) is 5.91 Å². The van der Waals surface area contributed by atoms with Crippen LogP contribution in [0.2, 0.25) is 0 Å². The van der Waals surface area contributed by atoms with E-state index in [1.54, 1.807) is 19.2 Å². The lowest BCUT2D eigenvalue weighted by Crippen LogP contribution is -2.48. The molecule has 1 N–H and O–H groups in total. The van der Waals surface area contributed by atoms with Crippen LogP contribution in [0.4, 0.5) is 24.5 Å². The zero-order valence-electron chi connectivity index (χ0n) is 16.4. The van der Waals surface area contributed by atoms with E-state index in [0.717, 1.165) is 11.6 Å². The van der Waals surface area contributed by atoms with Gasteiger partial charge in [0, 0.05) is 31.9 Å². The van der Waals surface area contributed by atoms with E-state index in [9.17, 15) is 18.0 Å². The summed E-state index contributed by atoms with van der Waals surface area (Å²) in [6, 6.07) is 10.9. The Bertz CT molecular complexity index is 862. The standard InChI is InChI=1S/C21H24F3N3O2/c1-15-6-7-19(29-2)18(12-15)25-20(28)14-26-8-10-27(11-9-26)17-5-3-4-16(13-17)21(22,23)24/h3-7,12-13H,8-11,14H2,1-2H3,(H,25,28). The van der Waals surface area contributed by atoms with Crippen LogP contribution in [0.1, 0.15) is 11.1 Å². The normalized spacial score (nSPS) is 15.3. The first-order valence-electron chi connectivity index (χ1n) is 9.35. The topological polar surface area (TPSA) is 44.8 Å². The van der Waals surface area contributed by atoms with Crippen molar-refractivity contribution >= 4 is 17.3 Å². The van der Waals surface area contributed by atoms with E-state index >= 15 is 0 Å². The fraction of sp³-hybridized carbons (Fsp3) is 0.381. The number of amides is 1. The summed E-state index contributed by atoms with van der Waals surface area (Å²) in [6.45, 7) is 4.45. The molecule has 2 aromatic rings. The van der Waals surface area contributed by atoms with Crippen LogP contribution in [0.15, 0.2) is 42.5 Å². The quantitative estimate of drug-likeness (QED) is 0.819. The fourth-order valence-corrected chi connectivity index (χ4v) is 3.36. The highest BCUT2D eigenvalue weighted by Gasteiger charge is 2.31. The smallest absolute Gasteiger partial charge is 0.416 e. The van der Waals surface area contributed by atoms with Crippen LogP contribution >= 0.6 is 0 Å². The zero-order chi connectivity index (χ0) is 21.0. The largest absolute Gasteiger partial charge is 0.495 e. The molecule has 1 saturated heterocycles. The summed E-state index contributed by atoms with van der Waals surface area (Å²) in [6.07, 6.45) is -4.35. The van der Waals surface area contributed by atoms with Crippen molar-refractivity contribution in [1.29, 1.82) is 0 Å². The number of hydrogen-bond donors (Lipinski definition) is 1. The van der Waals surface area contributed by atoms with Crippen molar-refractivity contribution in [2.75, 3.05) is 50.1 Å². The minimum absolute atomic E-state index is 0.151. The molecule has 0 saturated carbocycles. The summed E-state index contributed by atoms with van der Waals surface area (Å²) in [5.74, 6) is 0.444. The number of nitrogens with one attached hydrogen (secondary N) is 1. The Balaban J connectivity index is 1.55. The summed E-state index contributed by atoms with van der Waals surface area (Å²) in [7, 11) is 1.55. The van der Waals surface area contributed by atoms with Crippen molar-refractivity contribution in [1.82, 2.24) is 4.90 Å². The van der Waals surface area contributed by atoms with E-state index in [1.807, 2.05) is 28.9 Å². The minimum atomic E-state index is -4.35. The third kappa shape index (κ3) is 5.41. The van der Waals surface area contributed by atoms with Crippen molar-refractivity contribution in [3.05, 3.63) is 53.6 Å². The van der Waals surface area contributed by atoms with Gasteiger partial charge in [-0.3, -0.25) is 9.69 Å². The molecule has 0 radical (unpaired) electrons. The molecule has 1 aliphatic rings. The van der Waals surface area contributed by atoms with Gasteiger partial charge in [0.25, 0.3) is 0 Å². The van der Waals surface area contributed by atoms with Crippen molar-refractivity contribution in [3.63, 3.8) is 0 Å². The van der Waals surface area contributed by atoms with Crippen LogP contribution in [-0.2, 0) is 11.0 Å². The van der Waals surface area contributed by atoms with Crippen LogP contribution < -0.4 is 15.0 Å². The van der Waals surface area contributed by atoms with Gasteiger partial charge in [-0.15, -0.1) is 0 Å². The van der Waals surface area contributed by atoms with E-state index in [2.05, 4.69) is 5.32 Å². The van der Waals surface area contributed by atoms with Crippen molar-refractivity contribution in [3.8, 4) is 5.75 Å². The molecule has 1 heterocycles. The maximum atomic E-state index is 12.9. The van der Waals surface area contributed by atoms with Gasteiger partial charge in [0.05, 0.1) is 24.9 Å². The molecule has 0 atom stereocenters. The average Bonchev–Trinajstić information content (AvgIpc) is 2.68. The van der Waals surface area contributed by atoms with Gasteiger partial charge in [0.1, 0.15) is 5.75 Å². The Morgan fingerprint density at radius 2 is 1.83 bits per heavy atom. The summed E-state index contributed by atoms with van der Waals surface area (Å²) in [5, 5.41) is 2.87. The Labute approximate surface area is 168 Å². The van der Waals surface area contributed by atoms with Crippen molar-refractivity contribution < 1.29 is 22.7 Å². The van der Waals surface area contributed by atoms with Crippen molar-refractivity contribution in [2.24, 2.45) is 0 Å².